The number of carbonyl (C=O) groups excluding carboxylic acids is 1. The van der Waals surface area contributed by atoms with Crippen molar-refractivity contribution in [2.75, 3.05) is 19.8 Å². The van der Waals surface area contributed by atoms with Crippen LogP contribution < -0.4 is 11.1 Å². The van der Waals surface area contributed by atoms with E-state index < -0.39 is 0 Å². The van der Waals surface area contributed by atoms with Gasteiger partial charge >= 0.3 is 0 Å². The van der Waals surface area contributed by atoms with Crippen molar-refractivity contribution in [3.05, 3.63) is 0 Å². The van der Waals surface area contributed by atoms with E-state index in [4.69, 9.17) is 10.5 Å². The Balaban J connectivity index is 2.18. The van der Waals surface area contributed by atoms with Crippen LogP contribution in [0.1, 0.15) is 32.6 Å². The average Bonchev–Trinajstić information content (AvgIpc) is 2.12. The normalized spacial score (nSPS) is 18.7. The lowest BCUT2D eigenvalue weighted by molar-refractivity contribution is -0.128. The first-order valence-corrected chi connectivity index (χ1v) is 5.31. The zero-order chi connectivity index (χ0) is 10.4. The van der Waals surface area contributed by atoms with Crippen molar-refractivity contribution in [1.29, 1.82) is 0 Å². The predicted molar refractivity (Wildman–Crippen MR) is 54.9 cm³/mol. The molecule has 1 aliphatic rings. The van der Waals surface area contributed by atoms with E-state index in [0.29, 0.717) is 13.2 Å². The number of hydrogen-bond acceptors (Lipinski definition) is 3. The summed E-state index contributed by atoms with van der Waals surface area (Å²) in [6.07, 6.45) is 4.44. The maximum absolute atomic E-state index is 11.4. The van der Waals surface area contributed by atoms with E-state index in [1.54, 1.807) is 0 Å². The van der Waals surface area contributed by atoms with Crippen molar-refractivity contribution < 1.29 is 9.53 Å². The molecule has 1 rings (SSSR count). The Bertz CT molecular complexity index is 185. The van der Waals surface area contributed by atoms with Gasteiger partial charge in [0, 0.05) is 12.1 Å². The Morgan fingerprint density at radius 3 is 2.71 bits per heavy atom. The average molecular weight is 200 g/mol. The lowest BCUT2D eigenvalue weighted by Crippen LogP contribution is -2.53. The van der Waals surface area contributed by atoms with Gasteiger partial charge in [-0.2, -0.15) is 0 Å². The Hall–Kier alpha value is -0.610. The quantitative estimate of drug-likeness (QED) is 0.610. The predicted octanol–water partition coefficient (Wildman–Crippen LogP) is 0.411. The molecule has 4 heteroatoms. The van der Waals surface area contributed by atoms with Gasteiger partial charge in [0.05, 0.1) is 6.61 Å². The fourth-order valence-electron chi connectivity index (χ4n) is 1.75. The highest BCUT2D eigenvalue weighted by molar-refractivity contribution is 5.78. The van der Waals surface area contributed by atoms with Crippen LogP contribution in [0, 0.1) is 0 Å². The molecule has 0 aromatic carbocycles. The molecule has 1 fully saturated rings. The molecule has 3 N–H and O–H groups in total. The van der Waals surface area contributed by atoms with Gasteiger partial charge in [0.1, 0.15) is 6.61 Å². The monoisotopic (exact) mass is 200 g/mol. The largest absolute Gasteiger partial charge is 0.370 e. The van der Waals surface area contributed by atoms with Crippen molar-refractivity contribution in [3.8, 4) is 0 Å². The molecular formula is C10H20N2O2. The molecular weight excluding hydrogens is 180 g/mol. The van der Waals surface area contributed by atoms with Gasteiger partial charge in [0.15, 0.2) is 0 Å². The number of nitrogens with one attached hydrogen (secondary N) is 1. The van der Waals surface area contributed by atoms with E-state index in [2.05, 4.69) is 12.2 Å². The topological polar surface area (TPSA) is 64.3 Å². The number of nitrogens with two attached hydrogens (primary N) is 1. The molecule has 0 radical (unpaired) electrons. The second kappa shape index (κ2) is 5.32. The third-order valence-corrected chi connectivity index (χ3v) is 2.89. The lowest BCUT2D eigenvalue weighted by Gasteiger charge is -2.41. The van der Waals surface area contributed by atoms with Crippen molar-refractivity contribution >= 4 is 5.91 Å². The number of amides is 1. The maximum atomic E-state index is 11.4. The van der Waals surface area contributed by atoms with E-state index in [-0.39, 0.29) is 18.1 Å². The molecule has 1 saturated carbocycles. The van der Waals surface area contributed by atoms with E-state index >= 15 is 0 Å². The summed E-state index contributed by atoms with van der Waals surface area (Å²) in [6.45, 7) is 3.16. The summed E-state index contributed by atoms with van der Waals surface area (Å²) in [5.74, 6) is -0.0139. The van der Waals surface area contributed by atoms with Crippen LogP contribution in [0.5, 0.6) is 0 Å². The molecule has 0 spiro atoms. The molecule has 0 unspecified atom stereocenters. The van der Waals surface area contributed by atoms with Crippen LogP contribution in [0.25, 0.3) is 0 Å². The highest BCUT2D eigenvalue weighted by Crippen LogP contribution is 2.34. The third-order valence-electron chi connectivity index (χ3n) is 2.89. The second-order valence-electron chi connectivity index (χ2n) is 3.88. The lowest BCUT2D eigenvalue weighted by atomic mass is 9.75. The van der Waals surface area contributed by atoms with Gasteiger partial charge in [0.25, 0.3) is 0 Å². The molecule has 0 atom stereocenters. The van der Waals surface area contributed by atoms with Gasteiger partial charge in [0.2, 0.25) is 5.91 Å². The van der Waals surface area contributed by atoms with E-state index in [0.717, 1.165) is 19.3 Å². The summed E-state index contributed by atoms with van der Waals surface area (Å²) in [6, 6.07) is 0. The van der Waals surface area contributed by atoms with Crippen molar-refractivity contribution in [2.24, 2.45) is 5.73 Å². The van der Waals surface area contributed by atoms with E-state index in [9.17, 15) is 4.79 Å². The number of hydrogen-bond donors (Lipinski definition) is 2. The fraction of sp³-hybridized carbons (Fsp3) is 0.900. The van der Waals surface area contributed by atoms with Crippen molar-refractivity contribution in [2.45, 2.75) is 38.1 Å². The molecule has 4 nitrogen and oxygen atoms in total. The summed E-state index contributed by atoms with van der Waals surface area (Å²) in [5.41, 5.74) is 5.32. The minimum Gasteiger partial charge on any atom is -0.370 e. The molecule has 1 amide bonds. The van der Waals surface area contributed by atoms with Crippen LogP contribution in [-0.2, 0) is 9.53 Å². The molecule has 0 aromatic rings. The van der Waals surface area contributed by atoms with E-state index in [1.165, 1.54) is 6.42 Å². The van der Waals surface area contributed by atoms with Crippen molar-refractivity contribution in [3.63, 3.8) is 0 Å². The minimum absolute atomic E-state index is 0.0139. The first kappa shape index (κ1) is 11.5. The van der Waals surface area contributed by atoms with Gasteiger partial charge in [-0.15, -0.1) is 0 Å². The molecule has 0 saturated heterocycles. The first-order valence-electron chi connectivity index (χ1n) is 5.31. The van der Waals surface area contributed by atoms with Crippen LogP contribution in [0.15, 0.2) is 0 Å². The standard InChI is InChI=1S/C10H20N2O2/c1-2-10(4-3-5-10)12-9(13)8-14-7-6-11/h2-8,11H2,1H3,(H,12,13). The SMILES string of the molecule is CCC1(NC(=O)COCCN)CCC1. The molecule has 1 aliphatic carbocycles. The summed E-state index contributed by atoms with van der Waals surface area (Å²) in [4.78, 5) is 11.4. The number of carbonyl (C=O) groups is 1. The zero-order valence-electron chi connectivity index (χ0n) is 8.84. The maximum Gasteiger partial charge on any atom is 0.246 e. The molecule has 82 valence electrons. The molecule has 0 aliphatic heterocycles. The van der Waals surface area contributed by atoms with Gasteiger partial charge < -0.3 is 15.8 Å². The van der Waals surface area contributed by atoms with E-state index in [1.807, 2.05) is 0 Å². The Labute approximate surface area is 85.2 Å². The summed E-state index contributed by atoms with van der Waals surface area (Å²) in [5, 5.41) is 3.03. The second-order valence-corrected chi connectivity index (χ2v) is 3.88. The highest BCUT2D eigenvalue weighted by atomic mass is 16.5. The van der Waals surface area contributed by atoms with Crippen LogP contribution in [-0.4, -0.2) is 31.2 Å². The number of rotatable bonds is 6. The third kappa shape index (κ3) is 2.96. The van der Waals surface area contributed by atoms with Gasteiger partial charge in [-0.05, 0) is 25.7 Å². The van der Waals surface area contributed by atoms with Crippen LogP contribution in [0.3, 0.4) is 0 Å². The first-order chi connectivity index (χ1) is 6.72. The van der Waals surface area contributed by atoms with Crippen LogP contribution >= 0.6 is 0 Å². The summed E-state index contributed by atoms with van der Waals surface area (Å²) >= 11 is 0. The molecule has 14 heavy (non-hydrogen) atoms. The smallest absolute Gasteiger partial charge is 0.246 e. The highest BCUT2D eigenvalue weighted by Gasteiger charge is 2.36. The van der Waals surface area contributed by atoms with Crippen molar-refractivity contribution in [1.82, 2.24) is 5.32 Å². The summed E-state index contributed by atoms with van der Waals surface area (Å²) in [7, 11) is 0. The van der Waals surface area contributed by atoms with Crippen LogP contribution in [0.4, 0.5) is 0 Å². The van der Waals surface area contributed by atoms with Gasteiger partial charge in [-0.3, -0.25) is 4.79 Å². The van der Waals surface area contributed by atoms with Gasteiger partial charge in [-0.1, -0.05) is 6.92 Å². The fourth-order valence-corrected chi connectivity index (χ4v) is 1.75. The Kier molecular flexibility index (Phi) is 4.35. The molecule has 0 aromatic heterocycles. The molecule has 0 heterocycles. The summed E-state index contributed by atoms with van der Waals surface area (Å²) < 4.78 is 5.07. The number of ether oxygens (including phenoxy) is 1. The minimum atomic E-state index is -0.0139. The molecule has 0 bridgehead atoms. The van der Waals surface area contributed by atoms with Gasteiger partial charge in [-0.25, -0.2) is 0 Å². The zero-order valence-corrected chi connectivity index (χ0v) is 8.84. The van der Waals surface area contributed by atoms with Crippen LogP contribution in [0.2, 0.25) is 0 Å². The Morgan fingerprint density at radius 1 is 1.57 bits per heavy atom. The Morgan fingerprint density at radius 2 is 2.29 bits per heavy atom.